The molecule has 7 heteroatoms. The summed E-state index contributed by atoms with van der Waals surface area (Å²) in [5, 5.41) is 10.5. The molecular formula is C18H14ClNO5. The van der Waals surface area contributed by atoms with Crippen LogP contribution in [0.3, 0.4) is 0 Å². The fourth-order valence-electron chi connectivity index (χ4n) is 2.45. The van der Waals surface area contributed by atoms with Gasteiger partial charge in [-0.3, -0.25) is 4.98 Å². The lowest BCUT2D eigenvalue weighted by Gasteiger charge is -2.09. The van der Waals surface area contributed by atoms with Gasteiger partial charge in [0.15, 0.2) is 0 Å². The average Bonchev–Trinajstić information content (AvgIpc) is 2.59. The molecule has 0 bridgehead atoms. The standard InChI is InChI=1S/C18H14ClNO5/c1-2-10-4-16-14(6-15(10)19)12(5-17(22)25-16)9-24-18(23)11-3-13(21)8-20-7-11/h3-8,21H,2,9H2,1H3. The molecule has 0 radical (unpaired) electrons. The van der Waals surface area contributed by atoms with Gasteiger partial charge in [-0.2, -0.15) is 0 Å². The predicted octanol–water partition coefficient (Wildman–Crippen LogP) is 3.47. The molecule has 3 aromatic rings. The van der Waals surface area contributed by atoms with Crippen molar-refractivity contribution < 1.29 is 19.1 Å². The van der Waals surface area contributed by atoms with Crippen LogP contribution in [0.5, 0.6) is 5.75 Å². The molecule has 128 valence electrons. The third kappa shape index (κ3) is 3.64. The number of hydrogen-bond acceptors (Lipinski definition) is 6. The Hall–Kier alpha value is -2.86. The van der Waals surface area contributed by atoms with Crippen LogP contribution in [0.2, 0.25) is 5.02 Å². The van der Waals surface area contributed by atoms with Gasteiger partial charge in [0.2, 0.25) is 0 Å². The van der Waals surface area contributed by atoms with E-state index < -0.39 is 11.6 Å². The van der Waals surface area contributed by atoms with Crippen LogP contribution in [0.4, 0.5) is 0 Å². The molecule has 0 saturated heterocycles. The second-order valence-corrected chi connectivity index (χ2v) is 5.80. The smallest absolute Gasteiger partial charge is 0.340 e. The third-order valence-corrected chi connectivity index (χ3v) is 4.05. The zero-order valence-electron chi connectivity index (χ0n) is 13.3. The Morgan fingerprint density at radius 3 is 2.76 bits per heavy atom. The monoisotopic (exact) mass is 359 g/mol. The number of hydrogen-bond donors (Lipinski definition) is 1. The molecule has 2 aromatic heterocycles. The van der Waals surface area contributed by atoms with Crippen LogP contribution in [-0.4, -0.2) is 16.1 Å². The van der Waals surface area contributed by atoms with Crippen molar-refractivity contribution in [3.05, 3.63) is 68.8 Å². The Labute approximate surface area is 147 Å². The van der Waals surface area contributed by atoms with Crippen molar-refractivity contribution in [3.63, 3.8) is 0 Å². The highest BCUT2D eigenvalue weighted by Gasteiger charge is 2.13. The minimum absolute atomic E-state index is 0.110. The quantitative estimate of drug-likeness (QED) is 0.566. The maximum absolute atomic E-state index is 12.1. The summed E-state index contributed by atoms with van der Waals surface area (Å²) in [5.74, 6) is -0.805. The molecule has 0 aliphatic heterocycles. The highest BCUT2D eigenvalue weighted by atomic mass is 35.5. The number of aromatic nitrogens is 1. The first-order valence-electron chi connectivity index (χ1n) is 7.54. The Morgan fingerprint density at radius 1 is 1.24 bits per heavy atom. The topological polar surface area (TPSA) is 89.6 Å². The van der Waals surface area contributed by atoms with E-state index in [1.54, 1.807) is 12.1 Å². The Balaban J connectivity index is 1.92. The molecule has 0 aliphatic carbocycles. The van der Waals surface area contributed by atoms with Gasteiger partial charge in [-0.25, -0.2) is 9.59 Å². The van der Waals surface area contributed by atoms with E-state index in [0.717, 1.165) is 5.56 Å². The number of rotatable bonds is 4. The largest absolute Gasteiger partial charge is 0.506 e. The maximum Gasteiger partial charge on any atom is 0.340 e. The molecule has 6 nitrogen and oxygen atoms in total. The van der Waals surface area contributed by atoms with E-state index in [4.69, 9.17) is 20.8 Å². The molecule has 0 saturated carbocycles. The summed E-state index contributed by atoms with van der Waals surface area (Å²) in [6, 6.07) is 5.91. The summed E-state index contributed by atoms with van der Waals surface area (Å²) in [7, 11) is 0. The first-order chi connectivity index (χ1) is 12.0. The highest BCUT2D eigenvalue weighted by Crippen LogP contribution is 2.26. The van der Waals surface area contributed by atoms with Crippen molar-refractivity contribution in [3.8, 4) is 5.75 Å². The molecule has 3 rings (SSSR count). The Bertz CT molecular complexity index is 1010. The summed E-state index contributed by atoms with van der Waals surface area (Å²) >= 11 is 6.23. The second kappa shape index (κ2) is 6.94. The van der Waals surface area contributed by atoms with Crippen LogP contribution in [0.15, 0.2) is 45.9 Å². The molecule has 25 heavy (non-hydrogen) atoms. The van der Waals surface area contributed by atoms with Crippen molar-refractivity contribution in [2.24, 2.45) is 0 Å². The number of benzene rings is 1. The van der Waals surface area contributed by atoms with Gasteiger partial charge in [0.05, 0.1) is 11.8 Å². The first-order valence-corrected chi connectivity index (χ1v) is 7.92. The zero-order chi connectivity index (χ0) is 18.0. The second-order valence-electron chi connectivity index (χ2n) is 5.39. The van der Waals surface area contributed by atoms with E-state index in [0.29, 0.717) is 28.0 Å². The van der Waals surface area contributed by atoms with E-state index in [1.165, 1.54) is 24.5 Å². The lowest BCUT2D eigenvalue weighted by atomic mass is 10.1. The van der Waals surface area contributed by atoms with Crippen molar-refractivity contribution in [2.75, 3.05) is 0 Å². The number of pyridine rings is 1. The summed E-state index contributed by atoms with van der Waals surface area (Å²) in [6.07, 6.45) is 3.19. The third-order valence-electron chi connectivity index (χ3n) is 3.70. The minimum Gasteiger partial charge on any atom is -0.506 e. The van der Waals surface area contributed by atoms with E-state index >= 15 is 0 Å². The van der Waals surface area contributed by atoms with Gasteiger partial charge >= 0.3 is 11.6 Å². The van der Waals surface area contributed by atoms with Crippen molar-refractivity contribution in [1.82, 2.24) is 4.98 Å². The molecule has 1 aromatic carbocycles. The van der Waals surface area contributed by atoms with Gasteiger partial charge in [0.25, 0.3) is 0 Å². The molecule has 0 amide bonds. The van der Waals surface area contributed by atoms with Crippen LogP contribution in [0, 0.1) is 0 Å². The van der Waals surface area contributed by atoms with Crippen molar-refractivity contribution in [2.45, 2.75) is 20.0 Å². The van der Waals surface area contributed by atoms with Gasteiger partial charge < -0.3 is 14.3 Å². The number of aryl methyl sites for hydroxylation is 1. The van der Waals surface area contributed by atoms with Crippen molar-refractivity contribution in [1.29, 1.82) is 0 Å². The van der Waals surface area contributed by atoms with Gasteiger partial charge in [0, 0.05) is 28.2 Å². The summed E-state index contributed by atoms with van der Waals surface area (Å²) in [4.78, 5) is 27.5. The zero-order valence-corrected chi connectivity index (χ0v) is 14.0. The predicted molar refractivity (Wildman–Crippen MR) is 91.9 cm³/mol. The summed E-state index contributed by atoms with van der Waals surface area (Å²) < 4.78 is 10.4. The fraction of sp³-hybridized carbons (Fsp3) is 0.167. The normalized spacial score (nSPS) is 10.8. The van der Waals surface area contributed by atoms with Gasteiger partial charge in [-0.15, -0.1) is 0 Å². The molecule has 0 aliphatic rings. The van der Waals surface area contributed by atoms with E-state index in [2.05, 4.69) is 4.98 Å². The molecule has 0 unspecified atom stereocenters. The van der Waals surface area contributed by atoms with Gasteiger partial charge in [-0.05, 0) is 30.2 Å². The molecule has 0 spiro atoms. The summed E-state index contributed by atoms with van der Waals surface area (Å²) in [6.45, 7) is 1.80. The van der Waals surface area contributed by atoms with Crippen LogP contribution in [0.1, 0.15) is 28.4 Å². The Kier molecular flexibility index (Phi) is 4.72. The average molecular weight is 360 g/mol. The number of carbonyl (C=O) groups excluding carboxylic acids is 1. The number of carbonyl (C=O) groups is 1. The van der Waals surface area contributed by atoms with Gasteiger partial charge in [-0.1, -0.05) is 18.5 Å². The number of fused-ring (bicyclic) bond motifs is 1. The van der Waals surface area contributed by atoms with Crippen molar-refractivity contribution >= 4 is 28.5 Å². The number of nitrogens with zero attached hydrogens (tertiary/aromatic N) is 1. The van der Waals surface area contributed by atoms with Crippen LogP contribution >= 0.6 is 11.6 Å². The molecule has 0 fully saturated rings. The highest BCUT2D eigenvalue weighted by molar-refractivity contribution is 6.32. The van der Waals surface area contributed by atoms with Crippen LogP contribution in [-0.2, 0) is 17.8 Å². The molecule has 1 N–H and O–H groups in total. The fourth-order valence-corrected chi connectivity index (χ4v) is 2.74. The molecular weight excluding hydrogens is 346 g/mol. The molecule has 2 heterocycles. The van der Waals surface area contributed by atoms with E-state index in [1.807, 2.05) is 6.92 Å². The number of esters is 1. The first kappa shape index (κ1) is 17.0. The Morgan fingerprint density at radius 2 is 2.04 bits per heavy atom. The van der Waals surface area contributed by atoms with Crippen LogP contribution in [0.25, 0.3) is 11.0 Å². The van der Waals surface area contributed by atoms with E-state index in [-0.39, 0.29) is 17.9 Å². The van der Waals surface area contributed by atoms with Crippen LogP contribution < -0.4 is 5.63 Å². The number of ether oxygens (including phenoxy) is 1. The maximum atomic E-state index is 12.1. The van der Waals surface area contributed by atoms with E-state index in [9.17, 15) is 14.7 Å². The summed E-state index contributed by atoms with van der Waals surface area (Å²) in [5.41, 5.74) is 1.30. The van der Waals surface area contributed by atoms with Gasteiger partial charge in [0.1, 0.15) is 17.9 Å². The number of halogens is 1. The molecule has 0 atom stereocenters. The lowest BCUT2D eigenvalue weighted by Crippen LogP contribution is -2.08. The SMILES string of the molecule is CCc1cc2oc(=O)cc(COC(=O)c3cncc(O)c3)c2cc1Cl. The minimum atomic E-state index is -0.666. The number of aromatic hydroxyl groups is 1. The lowest BCUT2D eigenvalue weighted by molar-refractivity contribution is 0.0473.